The zero-order chi connectivity index (χ0) is 15.6. The van der Waals surface area contributed by atoms with Gasteiger partial charge in [-0.1, -0.05) is 35.1 Å². The van der Waals surface area contributed by atoms with Crippen molar-refractivity contribution in [3.63, 3.8) is 0 Å². The molecule has 1 heterocycles. The SMILES string of the molecule is N#CC(C(=O)c1ccc([N+](=O)[O-])s1)c1cccc(Cl)c1F. The van der Waals surface area contributed by atoms with Crippen LogP contribution in [-0.4, -0.2) is 10.7 Å². The molecule has 0 fully saturated rings. The van der Waals surface area contributed by atoms with E-state index in [1.54, 1.807) is 6.07 Å². The van der Waals surface area contributed by atoms with E-state index in [0.717, 1.165) is 0 Å². The van der Waals surface area contributed by atoms with E-state index < -0.39 is 22.4 Å². The fourth-order valence-electron chi connectivity index (χ4n) is 1.71. The van der Waals surface area contributed by atoms with E-state index in [0.29, 0.717) is 11.3 Å². The first-order chi connectivity index (χ1) is 9.95. The molecule has 0 saturated heterocycles. The Balaban J connectivity index is 2.41. The smallest absolute Gasteiger partial charge is 0.291 e. The molecule has 1 aromatic carbocycles. The Bertz CT molecular complexity index is 769. The van der Waals surface area contributed by atoms with Crippen LogP contribution in [0, 0.1) is 27.3 Å². The number of thiophene rings is 1. The summed E-state index contributed by atoms with van der Waals surface area (Å²) in [4.78, 5) is 22.2. The van der Waals surface area contributed by atoms with Gasteiger partial charge in [-0.05, 0) is 12.1 Å². The second-order valence-electron chi connectivity index (χ2n) is 3.96. The normalized spacial score (nSPS) is 11.7. The third-order valence-electron chi connectivity index (χ3n) is 2.70. The predicted molar refractivity (Wildman–Crippen MR) is 75.1 cm³/mol. The van der Waals surface area contributed by atoms with Crippen LogP contribution < -0.4 is 0 Å². The van der Waals surface area contributed by atoms with Crippen molar-refractivity contribution < 1.29 is 14.1 Å². The molecule has 1 atom stereocenters. The van der Waals surface area contributed by atoms with Gasteiger partial charge in [-0.25, -0.2) is 4.39 Å². The van der Waals surface area contributed by atoms with Crippen molar-refractivity contribution in [2.45, 2.75) is 5.92 Å². The van der Waals surface area contributed by atoms with Gasteiger partial charge in [0, 0.05) is 11.6 Å². The third-order valence-corrected chi connectivity index (χ3v) is 4.04. The van der Waals surface area contributed by atoms with Crippen LogP contribution in [0.5, 0.6) is 0 Å². The number of nitro groups is 1. The summed E-state index contributed by atoms with van der Waals surface area (Å²) < 4.78 is 13.9. The highest BCUT2D eigenvalue weighted by Crippen LogP contribution is 2.31. The largest absolute Gasteiger partial charge is 0.324 e. The van der Waals surface area contributed by atoms with Crippen molar-refractivity contribution in [3.05, 3.63) is 61.7 Å². The number of benzene rings is 1. The van der Waals surface area contributed by atoms with Crippen LogP contribution in [0.2, 0.25) is 5.02 Å². The first-order valence-electron chi connectivity index (χ1n) is 5.57. The highest BCUT2D eigenvalue weighted by atomic mass is 35.5. The number of halogens is 2. The molecule has 21 heavy (non-hydrogen) atoms. The second kappa shape index (κ2) is 5.99. The fraction of sp³-hybridized carbons (Fsp3) is 0.0769. The van der Waals surface area contributed by atoms with Crippen LogP contribution in [0.25, 0.3) is 0 Å². The number of nitrogens with zero attached hydrogens (tertiary/aromatic N) is 2. The van der Waals surface area contributed by atoms with Crippen molar-refractivity contribution in [2.24, 2.45) is 0 Å². The first-order valence-corrected chi connectivity index (χ1v) is 6.77. The van der Waals surface area contributed by atoms with Crippen molar-refractivity contribution >= 4 is 33.7 Å². The molecule has 0 aliphatic rings. The lowest BCUT2D eigenvalue weighted by molar-refractivity contribution is -0.380. The highest BCUT2D eigenvalue weighted by molar-refractivity contribution is 7.17. The summed E-state index contributed by atoms with van der Waals surface area (Å²) in [6.07, 6.45) is 0. The van der Waals surface area contributed by atoms with Crippen molar-refractivity contribution in [1.82, 2.24) is 0 Å². The van der Waals surface area contributed by atoms with E-state index in [1.807, 2.05) is 0 Å². The molecule has 0 bridgehead atoms. The summed E-state index contributed by atoms with van der Waals surface area (Å²) in [6.45, 7) is 0. The van der Waals surface area contributed by atoms with E-state index in [9.17, 15) is 19.3 Å². The van der Waals surface area contributed by atoms with Crippen molar-refractivity contribution in [3.8, 4) is 6.07 Å². The molecule has 8 heteroatoms. The molecular weight excluding hydrogens is 319 g/mol. The van der Waals surface area contributed by atoms with Gasteiger partial charge in [0.1, 0.15) is 11.7 Å². The topological polar surface area (TPSA) is 84.0 Å². The lowest BCUT2D eigenvalue weighted by Gasteiger charge is -2.09. The van der Waals surface area contributed by atoms with Crippen LogP contribution in [0.1, 0.15) is 21.2 Å². The fourth-order valence-corrected chi connectivity index (χ4v) is 2.69. The van der Waals surface area contributed by atoms with Gasteiger partial charge in [-0.15, -0.1) is 0 Å². The number of carbonyl (C=O) groups excluding carboxylic acids is 1. The van der Waals surface area contributed by atoms with E-state index in [2.05, 4.69) is 0 Å². The number of rotatable bonds is 4. The van der Waals surface area contributed by atoms with Gasteiger partial charge in [0.05, 0.1) is 20.9 Å². The lowest BCUT2D eigenvalue weighted by atomic mass is 9.95. The molecule has 0 radical (unpaired) electrons. The summed E-state index contributed by atoms with van der Waals surface area (Å²) in [5.74, 6) is -2.94. The number of ketones is 1. The van der Waals surface area contributed by atoms with Gasteiger partial charge in [-0.2, -0.15) is 5.26 Å². The standard InChI is InChI=1S/C13H6ClFN2O3S/c14-9-3-1-2-7(12(9)15)8(6-16)13(18)10-4-5-11(21-10)17(19)20/h1-5,8H. The van der Waals surface area contributed by atoms with Crippen LogP contribution >= 0.6 is 22.9 Å². The molecule has 1 unspecified atom stereocenters. The minimum Gasteiger partial charge on any atom is -0.291 e. The zero-order valence-corrected chi connectivity index (χ0v) is 11.8. The molecule has 0 saturated carbocycles. The maximum atomic E-state index is 13.9. The predicted octanol–water partition coefficient (Wildman–Crippen LogP) is 3.94. The van der Waals surface area contributed by atoms with Crippen LogP contribution in [0.4, 0.5) is 9.39 Å². The molecule has 0 N–H and O–H groups in total. The van der Waals surface area contributed by atoms with Crippen molar-refractivity contribution in [1.29, 1.82) is 5.26 Å². The highest BCUT2D eigenvalue weighted by Gasteiger charge is 2.28. The molecule has 0 aliphatic carbocycles. The monoisotopic (exact) mass is 324 g/mol. The Morgan fingerprint density at radius 1 is 1.43 bits per heavy atom. The summed E-state index contributed by atoms with van der Waals surface area (Å²) in [5.41, 5.74) is -0.147. The molecule has 0 amide bonds. The van der Waals surface area contributed by atoms with E-state index in [4.69, 9.17) is 16.9 Å². The maximum absolute atomic E-state index is 13.9. The van der Waals surface area contributed by atoms with Crippen LogP contribution in [0.15, 0.2) is 30.3 Å². The Morgan fingerprint density at radius 3 is 2.71 bits per heavy atom. The molecule has 106 valence electrons. The summed E-state index contributed by atoms with van der Waals surface area (Å²) in [7, 11) is 0. The van der Waals surface area contributed by atoms with Crippen molar-refractivity contribution in [2.75, 3.05) is 0 Å². The molecule has 2 aromatic rings. The molecule has 1 aromatic heterocycles. The van der Waals surface area contributed by atoms with Gasteiger partial charge in [0.15, 0.2) is 5.78 Å². The molecule has 0 aliphatic heterocycles. The van der Waals surface area contributed by atoms with Crippen LogP contribution in [0.3, 0.4) is 0 Å². The van der Waals surface area contributed by atoms with Gasteiger partial charge < -0.3 is 0 Å². The van der Waals surface area contributed by atoms with Gasteiger partial charge >= 0.3 is 5.00 Å². The van der Waals surface area contributed by atoms with Gasteiger partial charge in [0.25, 0.3) is 0 Å². The maximum Gasteiger partial charge on any atom is 0.324 e. The first kappa shape index (κ1) is 15.1. The lowest BCUT2D eigenvalue weighted by Crippen LogP contribution is -2.11. The minimum atomic E-state index is -1.40. The summed E-state index contributed by atoms with van der Waals surface area (Å²) >= 11 is 6.27. The zero-order valence-electron chi connectivity index (χ0n) is 10.2. The Hall–Kier alpha value is -2.30. The Kier molecular flexibility index (Phi) is 4.31. The van der Waals surface area contributed by atoms with E-state index in [-0.39, 0.29) is 20.5 Å². The van der Waals surface area contributed by atoms with E-state index >= 15 is 0 Å². The number of nitriles is 1. The quantitative estimate of drug-likeness (QED) is 0.484. The summed E-state index contributed by atoms with van der Waals surface area (Å²) in [5, 5.41) is 19.3. The van der Waals surface area contributed by atoms with Gasteiger partial charge in [0.2, 0.25) is 0 Å². The Labute approximate surface area is 127 Å². The minimum absolute atomic E-state index is 0.0209. The average Bonchev–Trinajstić information content (AvgIpc) is 2.94. The number of hydrogen-bond donors (Lipinski definition) is 0. The summed E-state index contributed by atoms with van der Waals surface area (Å²) in [6, 6.07) is 8.14. The molecule has 5 nitrogen and oxygen atoms in total. The molecule has 2 rings (SSSR count). The average molecular weight is 325 g/mol. The second-order valence-corrected chi connectivity index (χ2v) is 5.43. The number of carbonyl (C=O) groups is 1. The van der Waals surface area contributed by atoms with Gasteiger partial charge in [-0.3, -0.25) is 14.9 Å². The number of hydrogen-bond acceptors (Lipinski definition) is 5. The third kappa shape index (κ3) is 2.91. The molecule has 0 spiro atoms. The number of Topliss-reactive ketones (excluding diaryl/α,β-unsaturated/α-hetero) is 1. The Morgan fingerprint density at radius 2 is 2.14 bits per heavy atom. The molecular formula is C13H6ClFN2O3S. The van der Waals surface area contributed by atoms with Crippen LogP contribution in [-0.2, 0) is 0 Å². The van der Waals surface area contributed by atoms with E-state index in [1.165, 1.54) is 30.3 Å².